The summed E-state index contributed by atoms with van der Waals surface area (Å²) in [5, 5.41) is 15.3. The summed E-state index contributed by atoms with van der Waals surface area (Å²) in [5.74, 6) is 2.82. The molecule has 0 radical (unpaired) electrons. The first-order chi connectivity index (χ1) is 12.0. The molecule has 4 aliphatic carbocycles. The Morgan fingerprint density at radius 2 is 1.72 bits per heavy atom. The topological polar surface area (TPSA) is 64.9 Å². The second-order valence-corrected chi connectivity index (χ2v) is 8.70. The number of nitriles is 1. The minimum absolute atomic E-state index is 0.00515. The zero-order chi connectivity index (χ0) is 17.4. The predicted octanol–water partition coefficient (Wildman–Crippen LogP) is 3.69. The van der Waals surface area contributed by atoms with Crippen LogP contribution in [0.3, 0.4) is 0 Å². The monoisotopic (exact) mass is 337 g/mol. The second-order valence-electron chi connectivity index (χ2n) is 8.70. The third kappa shape index (κ3) is 3.43. The Morgan fingerprint density at radius 3 is 2.24 bits per heavy atom. The lowest BCUT2D eigenvalue weighted by molar-refractivity contribution is -0.118. The van der Waals surface area contributed by atoms with Gasteiger partial charge in [-0.05, 0) is 92.9 Å². The first-order valence-electron chi connectivity index (χ1n) is 9.60. The quantitative estimate of drug-likeness (QED) is 0.861. The van der Waals surface area contributed by atoms with Crippen molar-refractivity contribution in [1.29, 1.82) is 5.26 Å². The molecule has 4 aliphatic rings. The summed E-state index contributed by atoms with van der Waals surface area (Å²) >= 11 is 0. The largest absolute Gasteiger partial charge is 0.325 e. The number of hydrogen-bond donors (Lipinski definition) is 2. The molecule has 5 rings (SSSR count). The fourth-order valence-corrected chi connectivity index (χ4v) is 5.85. The molecular formula is C21H27N3O. The van der Waals surface area contributed by atoms with E-state index in [0.29, 0.717) is 11.0 Å². The maximum Gasteiger partial charge on any atom is 0.241 e. The minimum Gasteiger partial charge on any atom is -0.325 e. The fourth-order valence-electron chi connectivity index (χ4n) is 5.85. The molecule has 4 saturated carbocycles. The molecule has 1 amide bonds. The maximum atomic E-state index is 12.4. The van der Waals surface area contributed by atoms with Gasteiger partial charge in [0.05, 0.1) is 17.7 Å². The molecule has 1 aromatic rings. The highest BCUT2D eigenvalue weighted by molar-refractivity contribution is 5.94. The molecule has 25 heavy (non-hydrogen) atoms. The van der Waals surface area contributed by atoms with Crippen LogP contribution in [0.15, 0.2) is 24.3 Å². The average molecular weight is 337 g/mol. The number of nitrogens with one attached hydrogen (secondary N) is 2. The van der Waals surface area contributed by atoms with Crippen LogP contribution >= 0.6 is 0 Å². The number of anilines is 1. The van der Waals surface area contributed by atoms with Crippen molar-refractivity contribution in [3.05, 3.63) is 29.8 Å². The fraction of sp³-hybridized carbons (Fsp3) is 0.619. The molecule has 0 spiro atoms. The molecule has 0 heterocycles. The van der Waals surface area contributed by atoms with Gasteiger partial charge in [-0.2, -0.15) is 5.26 Å². The Kier molecular flexibility index (Phi) is 4.29. The van der Waals surface area contributed by atoms with Gasteiger partial charge in [-0.15, -0.1) is 0 Å². The van der Waals surface area contributed by atoms with Gasteiger partial charge in [0.15, 0.2) is 0 Å². The van der Waals surface area contributed by atoms with Crippen LogP contribution in [-0.2, 0) is 4.79 Å². The van der Waals surface area contributed by atoms with E-state index >= 15 is 0 Å². The first-order valence-corrected chi connectivity index (χ1v) is 9.60. The molecule has 4 fully saturated rings. The third-order valence-corrected chi connectivity index (χ3v) is 6.62. The van der Waals surface area contributed by atoms with E-state index < -0.39 is 0 Å². The van der Waals surface area contributed by atoms with Crippen molar-refractivity contribution in [1.82, 2.24) is 5.32 Å². The summed E-state index contributed by atoms with van der Waals surface area (Å²) in [6.45, 7) is 2.91. The van der Waals surface area contributed by atoms with Crippen molar-refractivity contribution in [2.75, 3.05) is 11.9 Å². The molecule has 2 N–H and O–H groups in total. The van der Waals surface area contributed by atoms with Crippen molar-refractivity contribution < 1.29 is 4.79 Å². The Balaban J connectivity index is 1.32. The van der Waals surface area contributed by atoms with E-state index in [1.54, 1.807) is 24.3 Å². The molecular weight excluding hydrogens is 310 g/mol. The maximum absolute atomic E-state index is 12.4. The van der Waals surface area contributed by atoms with Gasteiger partial charge in [-0.1, -0.05) is 0 Å². The number of amides is 1. The molecule has 0 aliphatic heterocycles. The highest BCUT2D eigenvalue weighted by atomic mass is 16.2. The number of benzene rings is 1. The zero-order valence-corrected chi connectivity index (χ0v) is 14.9. The Labute approximate surface area is 150 Å². The van der Waals surface area contributed by atoms with Crippen LogP contribution in [-0.4, -0.2) is 18.5 Å². The Bertz CT molecular complexity index is 653. The summed E-state index contributed by atoms with van der Waals surface area (Å²) in [4.78, 5) is 12.4. The number of hydrogen-bond acceptors (Lipinski definition) is 3. The Hall–Kier alpha value is -1.86. The lowest BCUT2D eigenvalue weighted by Gasteiger charge is -2.57. The third-order valence-electron chi connectivity index (χ3n) is 6.62. The molecule has 0 aromatic heterocycles. The van der Waals surface area contributed by atoms with E-state index in [0.717, 1.165) is 30.0 Å². The van der Waals surface area contributed by atoms with Crippen LogP contribution in [0.1, 0.15) is 51.0 Å². The number of rotatable bonds is 5. The van der Waals surface area contributed by atoms with Gasteiger partial charge in [-0.3, -0.25) is 4.79 Å². The van der Waals surface area contributed by atoms with Crippen LogP contribution in [0, 0.1) is 34.5 Å². The van der Waals surface area contributed by atoms with E-state index in [1.165, 1.54) is 38.5 Å². The lowest BCUT2D eigenvalue weighted by atomic mass is 9.49. The normalized spacial score (nSPS) is 33.7. The average Bonchev–Trinajstić information content (AvgIpc) is 2.59. The molecule has 1 aromatic carbocycles. The number of carbonyl (C=O) groups excluding carboxylic acids is 1. The summed E-state index contributed by atoms with van der Waals surface area (Å²) in [7, 11) is 0. The van der Waals surface area contributed by atoms with E-state index in [-0.39, 0.29) is 11.9 Å². The van der Waals surface area contributed by atoms with Gasteiger partial charge in [0.1, 0.15) is 0 Å². The van der Waals surface area contributed by atoms with Crippen molar-refractivity contribution >= 4 is 11.6 Å². The molecule has 1 atom stereocenters. The van der Waals surface area contributed by atoms with Crippen molar-refractivity contribution in [3.8, 4) is 6.07 Å². The molecule has 4 nitrogen and oxygen atoms in total. The van der Waals surface area contributed by atoms with Crippen LogP contribution in [0.2, 0.25) is 0 Å². The smallest absolute Gasteiger partial charge is 0.241 e. The van der Waals surface area contributed by atoms with Crippen molar-refractivity contribution in [3.63, 3.8) is 0 Å². The summed E-state index contributed by atoms with van der Waals surface area (Å²) in [5.41, 5.74) is 1.79. The lowest BCUT2D eigenvalue weighted by Crippen LogP contribution is -2.52. The van der Waals surface area contributed by atoms with E-state index in [2.05, 4.69) is 16.7 Å². The molecule has 0 saturated heterocycles. The molecule has 4 bridgehead atoms. The van der Waals surface area contributed by atoms with Crippen LogP contribution in [0.4, 0.5) is 5.69 Å². The predicted molar refractivity (Wildman–Crippen MR) is 97.9 cm³/mol. The SMILES string of the molecule is C[C@H](NCC12CC3CC(CC(C3)C1)C2)C(=O)Nc1ccc(C#N)cc1. The van der Waals surface area contributed by atoms with E-state index in [1.807, 2.05) is 6.92 Å². The minimum atomic E-state index is -0.205. The van der Waals surface area contributed by atoms with Gasteiger partial charge in [0, 0.05) is 12.2 Å². The zero-order valence-electron chi connectivity index (χ0n) is 14.9. The summed E-state index contributed by atoms with van der Waals surface area (Å²) in [6, 6.07) is 8.89. The van der Waals surface area contributed by atoms with E-state index in [9.17, 15) is 4.79 Å². The summed E-state index contributed by atoms with van der Waals surface area (Å²) < 4.78 is 0. The molecule has 0 unspecified atom stereocenters. The summed E-state index contributed by atoms with van der Waals surface area (Å²) in [6.07, 6.45) is 8.43. The van der Waals surface area contributed by atoms with E-state index in [4.69, 9.17) is 5.26 Å². The van der Waals surface area contributed by atoms with Gasteiger partial charge in [-0.25, -0.2) is 0 Å². The van der Waals surface area contributed by atoms with Gasteiger partial charge in [0.2, 0.25) is 5.91 Å². The van der Waals surface area contributed by atoms with Crippen molar-refractivity contribution in [2.24, 2.45) is 23.2 Å². The van der Waals surface area contributed by atoms with Crippen LogP contribution in [0.5, 0.6) is 0 Å². The van der Waals surface area contributed by atoms with Gasteiger partial charge >= 0.3 is 0 Å². The second kappa shape index (κ2) is 6.46. The van der Waals surface area contributed by atoms with Gasteiger partial charge in [0.25, 0.3) is 0 Å². The van der Waals surface area contributed by atoms with Gasteiger partial charge < -0.3 is 10.6 Å². The molecule has 4 heteroatoms. The number of carbonyl (C=O) groups is 1. The highest BCUT2D eigenvalue weighted by Gasteiger charge is 2.50. The number of nitrogens with zero attached hydrogens (tertiary/aromatic N) is 1. The van der Waals surface area contributed by atoms with Crippen LogP contribution < -0.4 is 10.6 Å². The first kappa shape index (κ1) is 16.6. The highest BCUT2D eigenvalue weighted by Crippen LogP contribution is 2.59. The Morgan fingerprint density at radius 1 is 1.16 bits per heavy atom. The molecule has 132 valence electrons. The van der Waals surface area contributed by atoms with Crippen LogP contribution in [0.25, 0.3) is 0 Å². The standard InChI is InChI=1S/C21H27N3O/c1-14(20(25)24-19-4-2-15(12-22)3-5-19)23-13-21-9-16-6-17(10-21)8-18(7-16)11-21/h2-5,14,16-18,23H,6-11,13H2,1H3,(H,24,25)/t14-,16?,17?,18?,21?/m0/s1. The van der Waals surface area contributed by atoms with Crippen molar-refractivity contribution in [2.45, 2.75) is 51.5 Å².